The van der Waals surface area contributed by atoms with Crippen LogP contribution >= 0.6 is 0 Å². The molecule has 1 aliphatic carbocycles. The standard InChI is InChI=1S/C13H18O5/c1-3-9(14)7-11(15)18-13(2)5-4-8-6-10(13)17-12(8)16/h8,10H,3-7H2,1-2H3. The van der Waals surface area contributed by atoms with E-state index in [4.69, 9.17) is 9.47 Å². The topological polar surface area (TPSA) is 69.7 Å². The van der Waals surface area contributed by atoms with Gasteiger partial charge in [-0.15, -0.1) is 0 Å². The molecule has 3 unspecified atom stereocenters. The molecule has 3 atom stereocenters. The second-order valence-electron chi connectivity index (χ2n) is 5.25. The van der Waals surface area contributed by atoms with Crippen molar-refractivity contribution in [1.82, 2.24) is 0 Å². The molecule has 1 aliphatic heterocycles. The molecule has 18 heavy (non-hydrogen) atoms. The molecule has 1 heterocycles. The molecule has 2 aliphatic rings. The number of ketones is 1. The quantitative estimate of drug-likeness (QED) is 0.560. The fourth-order valence-electron chi connectivity index (χ4n) is 2.57. The summed E-state index contributed by atoms with van der Waals surface area (Å²) < 4.78 is 10.6. The maximum absolute atomic E-state index is 11.7. The van der Waals surface area contributed by atoms with Crippen LogP contribution in [0.4, 0.5) is 0 Å². The molecule has 0 radical (unpaired) electrons. The van der Waals surface area contributed by atoms with E-state index in [0.29, 0.717) is 25.7 Å². The van der Waals surface area contributed by atoms with E-state index in [1.165, 1.54) is 0 Å². The van der Waals surface area contributed by atoms with Gasteiger partial charge in [-0.2, -0.15) is 0 Å². The predicted molar refractivity (Wildman–Crippen MR) is 61.6 cm³/mol. The number of Topliss-reactive ketones (excluding diaryl/α,β-unsaturated/α-hetero) is 1. The van der Waals surface area contributed by atoms with Crippen LogP contribution in [0, 0.1) is 5.92 Å². The number of fused-ring (bicyclic) bond motifs is 2. The smallest absolute Gasteiger partial charge is 0.313 e. The van der Waals surface area contributed by atoms with Crippen LogP contribution in [0.5, 0.6) is 0 Å². The largest absolute Gasteiger partial charge is 0.458 e. The Morgan fingerprint density at radius 2 is 2.22 bits per heavy atom. The minimum Gasteiger partial charge on any atom is -0.458 e. The first-order chi connectivity index (χ1) is 8.44. The van der Waals surface area contributed by atoms with Crippen molar-refractivity contribution < 1.29 is 23.9 Å². The highest BCUT2D eigenvalue weighted by atomic mass is 16.6. The van der Waals surface area contributed by atoms with E-state index in [0.717, 1.165) is 0 Å². The Kier molecular flexibility index (Phi) is 3.41. The molecule has 0 aromatic carbocycles. The lowest BCUT2D eigenvalue weighted by molar-refractivity contribution is -0.177. The van der Waals surface area contributed by atoms with Gasteiger partial charge >= 0.3 is 11.9 Å². The van der Waals surface area contributed by atoms with Crippen molar-refractivity contribution in [2.24, 2.45) is 5.92 Å². The van der Waals surface area contributed by atoms with Crippen molar-refractivity contribution in [2.75, 3.05) is 0 Å². The average Bonchev–Trinajstić information content (AvgIpc) is 2.63. The molecule has 0 spiro atoms. The highest BCUT2D eigenvalue weighted by Crippen LogP contribution is 2.42. The Morgan fingerprint density at radius 3 is 2.89 bits per heavy atom. The summed E-state index contributed by atoms with van der Waals surface area (Å²) in [5.74, 6) is -0.894. The highest BCUT2D eigenvalue weighted by Gasteiger charge is 2.52. The second-order valence-corrected chi connectivity index (χ2v) is 5.25. The summed E-state index contributed by atoms with van der Waals surface area (Å²) in [6, 6.07) is 0. The van der Waals surface area contributed by atoms with E-state index in [9.17, 15) is 14.4 Å². The van der Waals surface area contributed by atoms with Gasteiger partial charge in [0.2, 0.25) is 0 Å². The van der Waals surface area contributed by atoms with Crippen LogP contribution in [-0.2, 0) is 23.9 Å². The molecule has 5 heteroatoms. The van der Waals surface area contributed by atoms with Gasteiger partial charge in [-0.1, -0.05) is 6.92 Å². The Balaban J connectivity index is 1.98. The van der Waals surface area contributed by atoms with Gasteiger partial charge in [0, 0.05) is 12.8 Å². The van der Waals surface area contributed by atoms with E-state index in [1.54, 1.807) is 13.8 Å². The van der Waals surface area contributed by atoms with Crippen molar-refractivity contribution in [3.8, 4) is 0 Å². The lowest BCUT2D eigenvalue weighted by Gasteiger charge is -2.36. The number of esters is 2. The van der Waals surface area contributed by atoms with Crippen molar-refractivity contribution >= 4 is 17.7 Å². The van der Waals surface area contributed by atoms with Gasteiger partial charge in [0.05, 0.1) is 5.92 Å². The fourth-order valence-corrected chi connectivity index (χ4v) is 2.57. The molecule has 100 valence electrons. The maximum Gasteiger partial charge on any atom is 0.313 e. The van der Waals surface area contributed by atoms with Crippen LogP contribution < -0.4 is 0 Å². The zero-order valence-electron chi connectivity index (χ0n) is 10.7. The van der Waals surface area contributed by atoms with Gasteiger partial charge in [0.15, 0.2) is 0 Å². The third-order valence-corrected chi connectivity index (χ3v) is 3.84. The van der Waals surface area contributed by atoms with Crippen LogP contribution in [0.3, 0.4) is 0 Å². The summed E-state index contributed by atoms with van der Waals surface area (Å²) in [5.41, 5.74) is -0.770. The molecule has 1 saturated carbocycles. The molecule has 0 aromatic heterocycles. The fraction of sp³-hybridized carbons (Fsp3) is 0.769. The molecule has 0 N–H and O–H groups in total. The van der Waals surface area contributed by atoms with E-state index < -0.39 is 11.6 Å². The number of ether oxygens (including phenoxy) is 2. The van der Waals surface area contributed by atoms with Crippen LogP contribution in [-0.4, -0.2) is 29.4 Å². The highest BCUT2D eigenvalue weighted by molar-refractivity contribution is 5.95. The van der Waals surface area contributed by atoms with Crippen molar-refractivity contribution in [3.63, 3.8) is 0 Å². The summed E-state index contributed by atoms with van der Waals surface area (Å²) in [4.78, 5) is 34.3. The summed E-state index contributed by atoms with van der Waals surface area (Å²) in [6.07, 6.45) is 1.68. The molecular formula is C13H18O5. The van der Waals surface area contributed by atoms with E-state index in [-0.39, 0.29) is 30.2 Å². The van der Waals surface area contributed by atoms with Crippen LogP contribution in [0.2, 0.25) is 0 Å². The molecular weight excluding hydrogens is 236 g/mol. The third kappa shape index (κ3) is 2.40. The zero-order valence-corrected chi connectivity index (χ0v) is 10.7. The van der Waals surface area contributed by atoms with Crippen LogP contribution in [0.1, 0.15) is 46.0 Å². The lowest BCUT2D eigenvalue weighted by Crippen LogP contribution is -2.45. The zero-order chi connectivity index (χ0) is 13.3. The number of carbonyl (C=O) groups is 3. The third-order valence-electron chi connectivity index (χ3n) is 3.84. The van der Waals surface area contributed by atoms with E-state index in [1.807, 2.05) is 0 Å². The van der Waals surface area contributed by atoms with Crippen LogP contribution in [0.15, 0.2) is 0 Å². The van der Waals surface area contributed by atoms with Crippen molar-refractivity contribution in [2.45, 2.75) is 57.7 Å². The number of hydrogen-bond donors (Lipinski definition) is 0. The molecule has 5 nitrogen and oxygen atoms in total. The minimum absolute atomic E-state index is 0.0425. The lowest BCUT2D eigenvalue weighted by atomic mass is 9.80. The summed E-state index contributed by atoms with van der Waals surface area (Å²) >= 11 is 0. The van der Waals surface area contributed by atoms with Gasteiger partial charge in [0.1, 0.15) is 23.9 Å². The van der Waals surface area contributed by atoms with E-state index in [2.05, 4.69) is 0 Å². The molecule has 2 fully saturated rings. The van der Waals surface area contributed by atoms with Gasteiger partial charge in [-0.25, -0.2) is 0 Å². The average molecular weight is 254 g/mol. The van der Waals surface area contributed by atoms with E-state index >= 15 is 0 Å². The molecule has 0 aromatic rings. The normalized spacial score (nSPS) is 34.0. The Bertz CT molecular complexity index is 389. The Labute approximate surface area is 106 Å². The van der Waals surface area contributed by atoms with Crippen molar-refractivity contribution in [1.29, 1.82) is 0 Å². The second kappa shape index (κ2) is 4.71. The molecule has 2 rings (SSSR count). The predicted octanol–water partition coefficient (Wildman–Crippen LogP) is 1.38. The number of hydrogen-bond acceptors (Lipinski definition) is 5. The first kappa shape index (κ1) is 13.1. The summed E-state index contributed by atoms with van der Waals surface area (Å²) in [5, 5.41) is 0. The summed E-state index contributed by atoms with van der Waals surface area (Å²) in [7, 11) is 0. The maximum atomic E-state index is 11.7. The first-order valence-corrected chi connectivity index (χ1v) is 6.38. The summed E-state index contributed by atoms with van der Waals surface area (Å²) in [6.45, 7) is 3.49. The Hall–Kier alpha value is -1.39. The van der Waals surface area contributed by atoms with Gasteiger partial charge in [-0.3, -0.25) is 14.4 Å². The molecule has 1 saturated heterocycles. The Morgan fingerprint density at radius 1 is 1.50 bits per heavy atom. The monoisotopic (exact) mass is 254 g/mol. The SMILES string of the molecule is CCC(=O)CC(=O)OC1(C)CCC2CC1OC2=O. The van der Waals surface area contributed by atoms with Crippen molar-refractivity contribution in [3.05, 3.63) is 0 Å². The van der Waals surface area contributed by atoms with Crippen LogP contribution in [0.25, 0.3) is 0 Å². The minimum atomic E-state index is -0.770. The number of carbonyl (C=O) groups excluding carboxylic acids is 3. The molecule has 2 bridgehead atoms. The van der Waals surface area contributed by atoms with Gasteiger partial charge in [0.25, 0.3) is 0 Å². The van der Waals surface area contributed by atoms with Gasteiger partial charge < -0.3 is 9.47 Å². The molecule has 0 amide bonds. The van der Waals surface area contributed by atoms with Gasteiger partial charge in [-0.05, 0) is 19.8 Å². The first-order valence-electron chi connectivity index (χ1n) is 6.38. The number of rotatable bonds is 4.